The Morgan fingerprint density at radius 3 is 2.17 bits per heavy atom. The Morgan fingerprint density at radius 2 is 1.62 bits per heavy atom. The van der Waals surface area contributed by atoms with Crippen molar-refractivity contribution in [2.45, 2.75) is 39.9 Å². The SMILES string of the molecule is COc1ccc(CCN(Cc2sccc2C)C(=O)CN(CC(C)C)C(=O)c2ccc(C(F)(F)F)cc2)cc1OC. The van der Waals surface area contributed by atoms with E-state index < -0.39 is 17.6 Å². The Kier molecular flexibility index (Phi) is 10.6. The molecule has 1 aromatic heterocycles. The number of methoxy groups -OCH3 is 2. The Labute approximate surface area is 237 Å². The van der Waals surface area contributed by atoms with E-state index in [1.54, 1.807) is 30.5 Å². The normalized spacial score (nSPS) is 11.4. The maximum absolute atomic E-state index is 13.7. The van der Waals surface area contributed by atoms with Crippen LogP contribution in [0.15, 0.2) is 53.9 Å². The van der Waals surface area contributed by atoms with Crippen LogP contribution in [-0.4, -0.2) is 55.5 Å². The standard InChI is InChI=1S/C30H35F3N2O4S/c1-20(2)17-35(29(37)23-7-9-24(10-8-23)30(31,32)33)19-28(36)34(18-27-21(3)13-15-40-27)14-12-22-6-11-25(38-4)26(16-22)39-5/h6-11,13,15-16,20H,12,14,17-19H2,1-5H3. The van der Waals surface area contributed by atoms with Gasteiger partial charge in [-0.25, -0.2) is 0 Å². The van der Waals surface area contributed by atoms with Crippen molar-refractivity contribution in [3.63, 3.8) is 0 Å². The second-order valence-electron chi connectivity index (χ2n) is 9.94. The molecule has 0 saturated heterocycles. The average Bonchev–Trinajstić information content (AvgIpc) is 3.33. The number of hydrogen-bond donors (Lipinski definition) is 0. The van der Waals surface area contributed by atoms with E-state index in [-0.39, 0.29) is 30.5 Å². The molecule has 0 fully saturated rings. The van der Waals surface area contributed by atoms with E-state index in [1.165, 1.54) is 4.90 Å². The molecule has 2 amide bonds. The molecule has 40 heavy (non-hydrogen) atoms. The van der Waals surface area contributed by atoms with Crippen molar-refractivity contribution in [2.75, 3.05) is 33.9 Å². The van der Waals surface area contributed by atoms with Gasteiger partial charge in [0.1, 0.15) is 6.54 Å². The van der Waals surface area contributed by atoms with Crippen LogP contribution in [-0.2, 0) is 23.9 Å². The molecule has 3 rings (SSSR count). The molecule has 0 atom stereocenters. The highest BCUT2D eigenvalue weighted by Gasteiger charge is 2.31. The molecule has 0 aliphatic heterocycles. The van der Waals surface area contributed by atoms with Crippen molar-refractivity contribution < 1.29 is 32.2 Å². The van der Waals surface area contributed by atoms with Gasteiger partial charge in [-0.1, -0.05) is 19.9 Å². The zero-order valence-corrected chi connectivity index (χ0v) is 24.2. The zero-order chi connectivity index (χ0) is 29.4. The van der Waals surface area contributed by atoms with Gasteiger partial charge < -0.3 is 19.3 Å². The minimum absolute atomic E-state index is 0.0472. The van der Waals surface area contributed by atoms with E-state index in [0.29, 0.717) is 31.0 Å². The first-order valence-electron chi connectivity index (χ1n) is 12.9. The first kappa shape index (κ1) is 31.0. The van der Waals surface area contributed by atoms with Crippen molar-refractivity contribution in [2.24, 2.45) is 5.92 Å². The number of halogens is 3. The van der Waals surface area contributed by atoms with Crippen LogP contribution in [0.3, 0.4) is 0 Å². The quantitative estimate of drug-likeness (QED) is 0.248. The summed E-state index contributed by atoms with van der Waals surface area (Å²) in [6.07, 6.45) is -3.95. The topological polar surface area (TPSA) is 59.1 Å². The molecule has 2 aromatic carbocycles. The number of ether oxygens (including phenoxy) is 2. The summed E-state index contributed by atoms with van der Waals surface area (Å²) in [5.74, 6) is 0.528. The first-order valence-corrected chi connectivity index (χ1v) is 13.8. The number of carbonyl (C=O) groups is 2. The van der Waals surface area contributed by atoms with E-state index >= 15 is 0 Å². The number of rotatable bonds is 12. The van der Waals surface area contributed by atoms with E-state index in [4.69, 9.17) is 9.47 Å². The molecule has 0 unspecified atom stereocenters. The smallest absolute Gasteiger partial charge is 0.416 e. The lowest BCUT2D eigenvalue weighted by molar-refractivity contribution is -0.137. The fourth-order valence-electron chi connectivity index (χ4n) is 4.24. The van der Waals surface area contributed by atoms with Crippen molar-refractivity contribution in [3.05, 3.63) is 81.0 Å². The van der Waals surface area contributed by atoms with Crippen LogP contribution >= 0.6 is 11.3 Å². The van der Waals surface area contributed by atoms with Gasteiger partial charge in [-0.2, -0.15) is 13.2 Å². The van der Waals surface area contributed by atoms with Gasteiger partial charge in [-0.15, -0.1) is 11.3 Å². The molecule has 0 saturated carbocycles. The Balaban J connectivity index is 1.82. The maximum Gasteiger partial charge on any atom is 0.416 e. The largest absolute Gasteiger partial charge is 0.493 e. The van der Waals surface area contributed by atoms with Crippen LogP contribution < -0.4 is 9.47 Å². The molecule has 0 aliphatic carbocycles. The number of thiophene rings is 1. The summed E-state index contributed by atoms with van der Waals surface area (Å²) in [5, 5.41) is 1.97. The van der Waals surface area contributed by atoms with E-state index in [1.807, 2.05) is 50.4 Å². The lowest BCUT2D eigenvalue weighted by atomic mass is 10.1. The summed E-state index contributed by atoms with van der Waals surface area (Å²) in [4.78, 5) is 31.2. The summed E-state index contributed by atoms with van der Waals surface area (Å²) in [6, 6.07) is 11.7. The van der Waals surface area contributed by atoms with E-state index in [2.05, 4.69) is 0 Å². The van der Waals surface area contributed by atoms with Crippen molar-refractivity contribution >= 4 is 23.2 Å². The minimum atomic E-state index is -4.50. The van der Waals surface area contributed by atoms with E-state index in [0.717, 1.165) is 40.3 Å². The number of amides is 2. The number of nitrogens with zero attached hydrogens (tertiary/aromatic N) is 2. The highest BCUT2D eigenvalue weighted by molar-refractivity contribution is 7.10. The van der Waals surface area contributed by atoms with Crippen LogP contribution in [0.5, 0.6) is 11.5 Å². The Hall–Kier alpha value is -3.53. The molecular weight excluding hydrogens is 541 g/mol. The molecule has 0 spiro atoms. The second kappa shape index (κ2) is 13.7. The van der Waals surface area contributed by atoms with Crippen molar-refractivity contribution in [1.29, 1.82) is 0 Å². The zero-order valence-electron chi connectivity index (χ0n) is 23.4. The monoisotopic (exact) mass is 576 g/mol. The molecule has 3 aromatic rings. The summed E-state index contributed by atoms with van der Waals surface area (Å²) in [7, 11) is 3.13. The number of benzene rings is 2. The number of alkyl halides is 3. The molecule has 6 nitrogen and oxygen atoms in total. The van der Waals surface area contributed by atoms with Gasteiger partial charge in [0.15, 0.2) is 11.5 Å². The summed E-state index contributed by atoms with van der Waals surface area (Å²) < 4.78 is 49.8. The third-order valence-corrected chi connectivity index (χ3v) is 7.44. The van der Waals surface area contributed by atoms with Crippen molar-refractivity contribution in [1.82, 2.24) is 9.80 Å². The minimum Gasteiger partial charge on any atom is -0.493 e. The fourth-order valence-corrected chi connectivity index (χ4v) is 5.16. The number of hydrogen-bond acceptors (Lipinski definition) is 5. The van der Waals surface area contributed by atoms with Crippen LogP contribution in [0.1, 0.15) is 45.8 Å². The maximum atomic E-state index is 13.7. The van der Waals surface area contributed by atoms with Gasteiger partial charge >= 0.3 is 6.18 Å². The van der Waals surface area contributed by atoms with Crippen molar-refractivity contribution in [3.8, 4) is 11.5 Å². The third kappa shape index (κ3) is 8.24. The number of aryl methyl sites for hydroxylation is 1. The molecule has 10 heteroatoms. The summed E-state index contributed by atoms with van der Waals surface area (Å²) in [6.45, 7) is 6.71. The van der Waals surface area contributed by atoms with Crippen LogP contribution in [0.4, 0.5) is 13.2 Å². The van der Waals surface area contributed by atoms with Gasteiger partial charge in [-0.3, -0.25) is 9.59 Å². The molecule has 216 valence electrons. The van der Waals surface area contributed by atoms with Gasteiger partial charge in [0.25, 0.3) is 5.91 Å². The fraction of sp³-hybridized carbons (Fsp3) is 0.400. The van der Waals surface area contributed by atoms with Gasteiger partial charge in [0.2, 0.25) is 5.91 Å². The summed E-state index contributed by atoms with van der Waals surface area (Å²) in [5.41, 5.74) is 1.31. The molecule has 0 aliphatic rings. The van der Waals surface area contributed by atoms with Gasteiger partial charge in [0.05, 0.1) is 26.3 Å². The molecular formula is C30H35F3N2O4S. The molecule has 0 N–H and O–H groups in total. The van der Waals surface area contributed by atoms with Crippen LogP contribution in [0.2, 0.25) is 0 Å². The average molecular weight is 577 g/mol. The lowest BCUT2D eigenvalue weighted by Crippen LogP contribution is -2.44. The predicted molar refractivity (Wildman–Crippen MR) is 150 cm³/mol. The number of carbonyl (C=O) groups excluding carboxylic acids is 2. The van der Waals surface area contributed by atoms with Gasteiger partial charge in [-0.05, 0) is 78.2 Å². The summed E-state index contributed by atoms with van der Waals surface area (Å²) >= 11 is 1.56. The van der Waals surface area contributed by atoms with Crippen LogP contribution in [0.25, 0.3) is 0 Å². The van der Waals surface area contributed by atoms with Gasteiger partial charge in [0, 0.05) is 23.5 Å². The third-order valence-electron chi connectivity index (χ3n) is 6.43. The molecule has 0 radical (unpaired) electrons. The lowest BCUT2D eigenvalue weighted by Gasteiger charge is -2.29. The Bertz CT molecular complexity index is 1290. The Morgan fingerprint density at radius 1 is 0.950 bits per heavy atom. The molecule has 0 bridgehead atoms. The molecule has 1 heterocycles. The highest BCUT2D eigenvalue weighted by Crippen LogP contribution is 2.30. The van der Waals surface area contributed by atoms with Crippen LogP contribution in [0, 0.1) is 12.8 Å². The predicted octanol–water partition coefficient (Wildman–Crippen LogP) is 6.46. The second-order valence-corrected chi connectivity index (χ2v) is 10.9. The van der Waals surface area contributed by atoms with E-state index in [9.17, 15) is 22.8 Å². The highest BCUT2D eigenvalue weighted by atomic mass is 32.1. The first-order chi connectivity index (χ1) is 18.9.